The van der Waals surface area contributed by atoms with Crippen molar-refractivity contribution >= 4 is 11.9 Å². The van der Waals surface area contributed by atoms with E-state index in [9.17, 15) is 19.1 Å². The number of hydrogen-bond donors (Lipinski definition) is 2. The molecule has 0 spiro atoms. The molecule has 0 saturated carbocycles. The van der Waals surface area contributed by atoms with Crippen molar-refractivity contribution < 1.29 is 23.8 Å². The third-order valence-corrected chi connectivity index (χ3v) is 5.49. The van der Waals surface area contributed by atoms with Crippen molar-refractivity contribution in [3.8, 4) is 11.1 Å². The van der Waals surface area contributed by atoms with E-state index in [-0.39, 0.29) is 18.1 Å². The first-order chi connectivity index (χ1) is 14.4. The van der Waals surface area contributed by atoms with E-state index in [0.29, 0.717) is 0 Å². The van der Waals surface area contributed by atoms with Crippen LogP contribution in [-0.2, 0) is 19.9 Å². The summed E-state index contributed by atoms with van der Waals surface area (Å²) < 4.78 is 19.9. The van der Waals surface area contributed by atoms with Gasteiger partial charge in [-0.1, -0.05) is 66.7 Å². The molecule has 0 fully saturated rings. The number of fused-ring (bicyclic) bond motifs is 3. The summed E-state index contributed by atoms with van der Waals surface area (Å²) in [5.74, 6) is -3.27. The average Bonchev–Trinajstić information content (AvgIpc) is 3.05. The SMILES string of the molecule is N[C@](CC(=O)O)(C(=O)OCC1c2ccccc2-c2ccccc21)c1ccccc1F. The van der Waals surface area contributed by atoms with Crippen molar-refractivity contribution in [2.75, 3.05) is 6.61 Å². The zero-order chi connectivity index (χ0) is 21.3. The number of aliphatic carboxylic acids is 1. The molecule has 0 heterocycles. The van der Waals surface area contributed by atoms with Gasteiger partial charge in [0.05, 0.1) is 6.42 Å². The lowest BCUT2D eigenvalue weighted by molar-refractivity contribution is -0.155. The third kappa shape index (κ3) is 3.35. The van der Waals surface area contributed by atoms with Gasteiger partial charge in [0.15, 0.2) is 5.54 Å². The van der Waals surface area contributed by atoms with Crippen LogP contribution in [0.2, 0.25) is 0 Å². The Balaban J connectivity index is 1.63. The van der Waals surface area contributed by atoms with Crippen LogP contribution in [-0.4, -0.2) is 23.7 Å². The Labute approximate surface area is 172 Å². The van der Waals surface area contributed by atoms with Crippen LogP contribution < -0.4 is 5.73 Å². The summed E-state index contributed by atoms with van der Waals surface area (Å²) in [7, 11) is 0. The van der Waals surface area contributed by atoms with Crippen molar-refractivity contribution in [1.29, 1.82) is 0 Å². The van der Waals surface area contributed by atoms with Gasteiger partial charge in [0.25, 0.3) is 0 Å². The van der Waals surface area contributed by atoms with E-state index in [1.54, 1.807) is 0 Å². The number of carboxylic acids is 1. The Morgan fingerprint density at radius 1 is 0.933 bits per heavy atom. The number of benzene rings is 3. The van der Waals surface area contributed by atoms with E-state index in [1.165, 1.54) is 18.2 Å². The van der Waals surface area contributed by atoms with Crippen molar-refractivity contribution in [1.82, 2.24) is 0 Å². The molecular formula is C24H20FNO4. The minimum absolute atomic E-state index is 0.0279. The molecule has 3 N–H and O–H groups in total. The average molecular weight is 405 g/mol. The number of carbonyl (C=O) groups excluding carboxylic acids is 1. The van der Waals surface area contributed by atoms with Crippen LogP contribution >= 0.6 is 0 Å². The minimum Gasteiger partial charge on any atom is -0.481 e. The summed E-state index contributed by atoms with van der Waals surface area (Å²) in [5.41, 5.74) is 7.96. The van der Waals surface area contributed by atoms with Crippen LogP contribution in [0.3, 0.4) is 0 Å². The summed E-state index contributed by atoms with van der Waals surface area (Å²) in [6.45, 7) is -0.0279. The zero-order valence-electron chi connectivity index (χ0n) is 16.0. The van der Waals surface area contributed by atoms with E-state index in [1.807, 2.05) is 48.5 Å². The van der Waals surface area contributed by atoms with Crippen molar-refractivity contribution in [2.45, 2.75) is 17.9 Å². The van der Waals surface area contributed by atoms with Crippen LogP contribution in [0.25, 0.3) is 11.1 Å². The van der Waals surface area contributed by atoms with Gasteiger partial charge in [-0.3, -0.25) is 4.79 Å². The van der Waals surface area contributed by atoms with Crippen LogP contribution in [0, 0.1) is 5.82 Å². The molecule has 0 bridgehead atoms. The second-order valence-corrected chi connectivity index (χ2v) is 7.35. The Morgan fingerprint density at radius 3 is 2.03 bits per heavy atom. The van der Waals surface area contributed by atoms with E-state index in [4.69, 9.17) is 10.5 Å². The summed E-state index contributed by atoms with van der Waals surface area (Å²) in [6, 6.07) is 21.0. The first kappa shape index (κ1) is 19.8. The number of esters is 1. The van der Waals surface area contributed by atoms with Gasteiger partial charge in [0, 0.05) is 11.5 Å². The standard InChI is InChI=1S/C24H20FNO4/c25-21-12-6-5-11-20(21)24(26,13-22(27)28)23(29)30-14-19-17-9-3-1-7-15(17)16-8-2-4-10-18(16)19/h1-12,19H,13-14,26H2,(H,27,28)/t24-/m0/s1. The number of halogens is 1. The maximum atomic E-state index is 14.4. The molecule has 0 amide bonds. The topological polar surface area (TPSA) is 89.6 Å². The van der Waals surface area contributed by atoms with Gasteiger partial charge in [0.2, 0.25) is 0 Å². The van der Waals surface area contributed by atoms with E-state index in [0.717, 1.165) is 28.3 Å². The Kier molecular flexibility index (Phi) is 5.10. The zero-order valence-corrected chi connectivity index (χ0v) is 16.0. The predicted octanol–water partition coefficient (Wildman–Crippen LogP) is 3.81. The molecule has 0 radical (unpaired) electrons. The fourth-order valence-corrected chi connectivity index (χ4v) is 4.07. The highest BCUT2D eigenvalue weighted by molar-refractivity contribution is 5.88. The summed E-state index contributed by atoms with van der Waals surface area (Å²) >= 11 is 0. The maximum Gasteiger partial charge on any atom is 0.331 e. The highest BCUT2D eigenvalue weighted by Crippen LogP contribution is 2.44. The number of nitrogens with two attached hydrogens (primary N) is 1. The van der Waals surface area contributed by atoms with Gasteiger partial charge < -0.3 is 15.6 Å². The second-order valence-electron chi connectivity index (χ2n) is 7.35. The molecule has 0 aliphatic heterocycles. The number of rotatable bonds is 6. The second kappa shape index (κ2) is 7.72. The molecule has 6 heteroatoms. The largest absolute Gasteiger partial charge is 0.481 e. The molecule has 30 heavy (non-hydrogen) atoms. The van der Waals surface area contributed by atoms with Gasteiger partial charge in [-0.25, -0.2) is 9.18 Å². The van der Waals surface area contributed by atoms with E-state index >= 15 is 0 Å². The third-order valence-electron chi connectivity index (χ3n) is 5.49. The summed E-state index contributed by atoms with van der Waals surface area (Å²) in [5, 5.41) is 9.28. The summed E-state index contributed by atoms with van der Waals surface area (Å²) in [6.07, 6.45) is -0.787. The Morgan fingerprint density at radius 2 is 1.47 bits per heavy atom. The molecule has 1 atom stereocenters. The monoisotopic (exact) mass is 405 g/mol. The lowest BCUT2D eigenvalue weighted by atomic mass is 9.87. The predicted molar refractivity (Wildman–Crippen MR) is 109 cm³/mol. The molecule has 1 aliphatic rings. The van der Waals surface area contributed by atoms with Crippen molar-refractivity contribution in [2.24, 2.45) is 5.73 Å². The first-order valence-corrected chi connectivity index (χ1v) is 9.53. The van der Waals surface area contributed by atoms with Gasteiger partial charge >= 0.3 is 11.9 Å². The lowest BCUT2D eigenvalue weighted by Crippen LogP contribution is -2.48. The van der Waals surface area contributed by atoms with Crippen LogP contribution in [0.5, 0.6) is 0 Å². The lowest BCUT2D eigenvalue weighted by Gasteiger charge is -2.27. The Bertz CT molecular complexity index is 1080. The molecule has 3 aromatic rings. The van der Waals surface area contributed by atoms with Gasteiger partial charge in [-0.05, 0) is 28.3 Å². The molecule has 152 valence electrons. The maximum absolute atomic E-state index is 14.4. The molecule has 4 rings (SSSR count). The number of ether oxygens (including phenoxy) is 1. The highest BCUT2D eigenvalue weighted by atomic mass is 19.1. The van der Waals surface area contributed by atoms with Gasteiger partial charge in [-0.15, -0.1) is 0 Å². The smallest absolute Gasteiger partial charge is 0.331 e. The van der Waals surface area contributed by atoms with Crippen LogP contribution in [0.1, 0.15) is 29.0 Å². The number of carboxylic acid groups (broad SMARTS) is 1. The summed E-state index contributed by atoms with van der Waals surface area (Å²) in [4.78, 5) is 24.3. The highest BCUT2D eigenvalue weighted by Gasteiger charge is 2.43. The van der Waals surface area contributed by atoms with Crippen LogP contribution in [0.4, 0.5) is 4.39 Å². The number of carbonyl (C=O) groups is 2. The quantitative estimate of drug-likeness (QED) is 0.609. The van der Waals surface area contributed by atoms with Gasteiger partial charge in [0.1, 0.15) is 12.4 Å². The first-order valence-electron chi connectivity index (χ1n) is 9.53. The molecular weight excluding hydrogens is 385 g/mol. The van der Waals surface area contributed by atoms with E-state index in [2.05, 4.69) is 0 Å². The van der Waals surface area contributed by atoms with E-state index < -0.39 is 29.7 Å². The molecule has 0 aromatic heterocycles. The van der Waals surface area contributed by atoms with Crippen LogP contribution in [0.15, 0.2) is 72.8 Å². The molecule has 3 aromatic carbocycles. The minimum atomic E-state index is -2.13. The fourth-order valence-electron chi connectivity index (χ4n) is 4.07. The molecule has 0 saturated heterocycles. The molecule has 5 nitrogen and oxygen atoms in total. The Hall–Kier alpha value is -3.51. The molecule has 1 aliphatic carbocycles. The normalized spacial score (nSPS) is 14.5. The molecule has 0 unspecified atom stereocenters. The van der Waals surface area contributed by atoms with Crippen molar-refractivity contribution in [3.05, 3.63) is 95.3 Å². The van der Waals surface area contributed by atoms with Crippen molar-refractivity contribution in [3.63, 3.8) is 0 Å². The van der Waals surface area contributed by atoms with Gasteiger partial charge in [-0.2, -0.15) is 0 Å². The fraction of sp³-hybridized carbons (Fsp3) is 0.167. The number of hydrogen-bond acceptors (Lipinski definition) is 4.